The van der Waals surface area contributed by atoms with E-state index in [2.05, 4.69) is 10.3 Å². The molecule has 0 aliphatic rings. The molecule has 2 unspecified atom stereocenters. The van der Waals surface area contributed by atoms with Crippen molar-refractivity contribution in [2.24, 2.45) is 5.41 Å². The highest BCUT2D eigenvalue weighted by Crippen LogP contribution is 2.33. The Kier molecular flexibility index (Phi) is 4.95. The lowest BCUT2D eigenvalue weighted by Gasteiger charge is -2.31. The van der Waals surface area contributed by atoms with Crippen molar-refractivity contribution >= 4 is 29.0 Å². The van der Waals surface area contributed by atoms with Crippen LogP contribution in [0.4, 0.5) is 4.79 Å². The second-order valence-corrected chi connectivity index (χ2v) is 6.37. The van der Waals surface area contributed by atoms with Gasteiger partial charge in [0.1, 0.15) is 5.15 Å². The van der Waals surface area contributed by atoms with Gasteiger partial charge in [0.2, 0.25) is 0 Å². The third kappa shape index (κ3) is 4.12. The Labute approximate surface area is 115 Å². The number of carbonyl (C=O) groups is 1. The summed E-state index contributed by atoms with van der Waals surface area (Å²) in [5.74, 6) is 0. The first-order valence-corrected chi connectivity index (χ1v) is 6.74. The zero-order chi connectivity index (χ0) is 13.9. The molecule has 0 aliphatic carbocycles. The molecule has 0 radical (unpaired) electrons. The molecule has 3 N–H and O–H groups in total. The van der Waals surface area contributed by atoms with E-state index in [0.717, 1.165) is 0 Å². The summed E-state index contributed by atoms with van der Waals surface area (Å²) in [5.41, 5.74) is 1.26. The standard InChI is InChI=1S/C11H17ClN2O3S/c1-11(2,3)7(14-10(16)17)4-6(15)8-9(12)13-5-18-8/h5-7,14-15H,4H2,1-3H3,(H,16,17). The normalized spacial score (nSPS) is 15.2. The van der Waals surface area contributed by atoms with E-state index in [1.54, 1.807) is 5.51 Å². The number of halogens is 1. The van der Waals surface area contributed by atoms with Crippen LogP contribution in [0.15, 0.2) is 5.51 Å². The molecule has 1 heterocycles. The van der Waals surface area contributed by atoms with Gasteiger partial charge in [-0.3, -0.25) is 0 Å². The van der Waals surface area contributed by atoms with Gasteiger partial charge in [0.25, 0.3) is 0 Å². The van der Waals surface area contributed by atoms with E-state index in [0.29, 0.717) is 4.88 Å². The Morgan fingerprint density at radius 1 is 1.61 bits per heavy atom. The number of rotatable bonds is 4. The van der Waals surface area contributed by atoms with Gasteiger partial charge in [-0.15, -0.1) is 11.3 Å². The first-order chi connectivity index (χ1) is 8.21. The van der Waals surface area contributed by atoms with E-state index in [1.165, 1.54) is 11.3 Å². The third-order valence-corrected chi connectivity index (χ3v) is 4.00. The molecule has 0 fully saturated rings. The molecule has 1 aromatic rings. The van der Waals surface area contributed by atoms with Crippen LogP contribution in [-0.4, -0.2) is 27.3 Å². The van der Waals surface area contributed by atoms with Crippen molar-refractivity contribution in [2.45, 2.75) is 39.3 Å². The largest absolute Gasteiger partial charge is 0.465 e. The van der Waals surface area contributed by atoms with Crippen molar-refractivity contribution < 1.29 is 15.0 Å². The van der Waals surface area contributed by atoms with Crippen molar-refractivity contribution in [2.75, 3.05) is 0 Å². The summed E-state index contributed by atoms with van der Waals surface area (Å²) in [6, 6.07) is -0.372. The number of carboxylic acid groups (broad SMARTS) is 1. The Hall–Kier alpha value is -0.850. The van der Waals surface area contributed by atoms with Crippen molar-refractivity contribution in [3.8, 4) is 0 Å². The van der Waals surface area contributed by atoms with Crippen molar-refractivity contribution in [3.05, 3.63) is 15.5 Å². The minimum absolute atomic E-state index is 0.262. The number of aliphatic hydroxyl groups excluding tert-OH is 1. The SMILES string of the molecule is CC(C)(C)C(CC(O)c1scnc1Cl)NC(=O)O. The maximum Gasteiger partial charge on any atom is 0.404 e. The molecule has 2 atom stereocenters. The lowest BCUT2D eigenvalue weighted by molar-refractivity contribution is 0.117. The first kappa shape index (κ1) is 15.2. The maximum absolute atomic E-state index is 10.8. The van der Waals surface area contributed by atoms with Crippen LogP contribution in [-0.2, 0) is 0 Å². The van der Waals surface area contributed by atoms with Gasteiger partial charge in [0.05, 0.1) is 16.5 Å². The highest BCUT2D eigenvalue weighted by atomic mass is 35.5. The molecule has 0 saturated heterocycles. The predicted molar refractivity (Wildman–Crippen MR) is 71.1 cm³/mol. The molecular formula is C11H17ClN2O3S. The highest BCUT2D eigenvalue weighted by Gasteiger charge is 2.30. The summed E-state index contributed by atoms with van der Waals surface area (Å²) in [4.78, 5) is 15.2. The molecule has 1 amide bonds. The Bertz CT molecular complexity index is 417. The van der Waals surface area contributed by atoms with Gasteiger partial charge in [0.15, 0.2) is 0 Å². The number of nitrogens with zero attached hydrogens (tertiary/aromatic N) is 1. The van der Waals surface area contributed by atoms with Gasteiger partial charge < -0.3 is 15.5 Å². The van der Waals surface area contributed by atoms with Crippen LogP contribution >= 0.6 is 22.9 Å². The van der Waals surface area contributed by atoms with E-state index in [4.69, 9.17) is 16.7 Å². The number of hydrogen-bond acceptors (Lipinski definition) is 4. The molecule has 1 rings (SSSR count). The molecule has 0 spiro atoms. The number of amides is 1. The Balaban J connectivity index is 2.78. The molecule has 0 bridgehead atoms. The van der Waals surface area contributed by atoms with Gasteiger partial charge in [-0.1, -0.05) is 32.4 Å². The summed E-state index contributed by atoms with van der Waals surface area (Å²) in [5, 5.41) is 21.6. The van der Waals surface area contributed by atoms with Crippen LogP contribution in [0, 0.1) is 5.41 Å². The van der Waals surface area contributed by atoms with E-state index in [9.17, 15) is 9.90 Å². The lowest BCUT2D eigenvalue weighted by Crippen LogP contribution is -2.44. The van der Waals surface area contributed by atoms with Gasteiger partial charge in [-0.2, -0.15) is 0 Å². The average molecular weight is 293 g/mol. The van der Waals surface area contributed by atoms with E-state index in [1.807, 2.05) is 20.8 Å². The van der Waals surface area contributed by atoms with Crippen molar-refractivity contribution in [3.63, 3.8) is 0 Å². The molecule has 5 nitrogen and oxygen atoms in total. The zero-order valence-corrected chi connectivity index (χ0v) is 12.0. The number of aliphatic hydroxyl groups is 1. The molecule has 0 aliphatic heterocycles. The van der Waals surface area contributed by atoms with E-state index < -0.39 is 12.2 Å². The van der Waals surface area contributed by atoms with Crippen LogP contribution < -0.4 is 5.32 Å². The third-order valence-electron chi connectivity index (χ3n) is 2.65. The van der Waals surface area contributed by atoms with Gasteiger partial charge >= 0.3 is 6.09 Å². The average Bonchev–Trinajstić information content (AvgIpc) is 2.61. The zero-order valence-electron chi connectivity index (χ0n) is 10.5. The quantitative estimate of drug-likeness (QED) is 0.797. The summed E-state index contributed by atoms with van der Waals surface area (Å²) in [6.07, 6.45) is -1.66. The number of nitrogens with one attached hydrogen (secondary N) is 1. The molecule has 0 aromatic carbocycles. The Morgan fingerprint density at radius 2 is 2.22 bits per heavy atom. The van der Waals surface area contributed by atoms with Gasteiger partial charge in [0, 0.05) is 6.04 Å². The molecule has 0 saturated carbocycles. The van der Waals surface area contributed by atoms with Crippen LogP contribution in [0.2, 0.25) is 5.15 Å². The summed E-state index contributed by atoms with van der Waals surface area (Å²) in [7, 11) is 0. The van der Waals surface area contributed by atoms with E-state index >= 15 is 0 Å². The summed E-state index contributed by atoms with van der Waals surface area (Å²) >= 11 is 7.10. The molecule has 1 aromatic heterocycles. The minimum Gasteiger partial charge on any atom is -0.465 e. The number of aromatic nitrogens is 1. The first-order valence-electron chi connectivity index (χ1n) is 5.48. The highest BCUT2D eigenvalue weighted by molar-refractivity contribution is 7.10. The smallest absolute Gasteiger partial charge is 0.404 e. The predicted octanol–water partition coefficient (Wildman–Crippen LogP) is 2.90. The fraction of sp³-hybridized carbons (Fsp3) is 0.636. The molecule has 18 heavy (non-hydrogen) atoms. The fourth-order valence-corrected chi connectivity index (χ4v) is 2.61. The van der Waals surface area contributed by atoms with Crippen LogP contribution in [0.3, 0.4) is 0 Å². The number of hydrogen-bond donors (Lipinski definition) is 3. The van der Waals surface area contributed by atoms with Gasteiger partial charge in [-0.05, 0) is 11.8 Å². The summed E-state index contributed by atoms with van der Waals surface area (Å²) < 4.78 is 0. The maximum atomic E-state index is 10.8. The lowest BCUT2D eigenvalue weighted by atomic mass is 9.83. The van der Waals surface area contributed by atoms with Gasteiger partial charge in [-0.25, -0.2) is 9.78 Å². The number of thiazole rings is 1. The molecule has 7 heteroatoms. The van der Waals surface area contributed by atoms with Crippen LogP contribution in [0.1, 0.15) is 38.2 Å². The molecule has 102 valence electrons. The Morgan fingerprint density at radius 3 is 2.61 bits per heavy atom. The topological polar surface area (TPSA) is 82.5 Å². The monoisotopic (exact) mass is 292 g/mol. The van der Waals surface area contributed by atoms with Crippen molar-refractivity contribution in [1.82, 2.24) is 10.3 Å². The molecular weight excluding hydrogens is 276 g/mol. The fourth-order valence-electron chi connectivity index (χ4n) is 1.57. The second-order valence-electron chi connectivity index (χ2n) is 5.13. The second kappa shape index (κ2) is 5.86. The van der Waals surface area contributed by atoms with Crippen molar-refractivity contribution in [1.29, 1.82) is 0 Å². The van der Waals surface area contributed by atoms with Crippen LogP contribution in [0.5, 0.6) is 0 Å². The van der Waals surface area contributed by atoms with Crippen LogP contribution in [0.25, 0.3) is 0 Å². The van der Waals surface area contributed by atoms with E-state index in [-0.39, 0.29) is 23.0 Å². The summed E-state index contributed by atoms with van der Waals surface area (Å²) in [6.45, 7) is 5.73. The minimum atomic E-state index is -1.10.